The number of aryl methyl sites for hydroxylation is 2. The maximum Gasteiger partial charge on any atom is 0.242 e. The Labute approximate surface area is 218 Å². The normalized spacial score (nSPS) is 12.2. The van der Waals surface area contributed by atoms with Gasteiger partial charge in [-0.25, -0.2) is 8.42 Å². The number of rotatable bonds is 11. The molecule has 1 N–H and O–H groups in total. The number of halogens is 2. The van der Waals surface area contributed by atoms with Crippen molar-refractivity contribution < 1.29 is 18.0 Å². The molecule has 0 radical (unpaired) electrons. The second-order valence-corrected chi connectivity index (χ2v) is 11.4. The molecule has 7 nitrogen and oxygen atoms in total. The van der Waals surface area contributed by atoms with Crippen LogP contribution in [0.2, 0.25) is 10.0 Å². The quantitative estimate of drug-likeness (QED) is 0.446. The van der Waals surface area contributed by atoms with Crippen LogP contribution in [0.4, 0.5) is 5.69 Å². The van der Waals surface area contributed by atoms with Gasteiger partial charge in [-0.3, -0.25) is 13.9 Å². The molecule has 192 valence electrons. The van der Waals surface area contributed by atoms with Crippen LogP contribution in [-0.2, 0) is 26.2 Å². The van der Waals surface area contributed by atoms with Crippen molar-refractivity contribution in [3.8, 4) is 0 Å². The number of nitrogens with one attached hydrogen (secondary N) is 1. The molecule has 0 bridgehead atoms. The first-order chi connectivity index (χ1) is 16.3. The zero-order chi connectivity index (χ0) is 26.3. The summed E-state index contributed by atoms with van der Waals surface area (Å²) in [5, 5.41) is 3.61. The van der Waals surface area contributed by atoms with Gasteiger partial charge in [-0.1, -0.05) is 35.3 Å². The molecule has 0 saturated heterocycles. The summed E-state index contributed by atoms with van der Waals surface area (Å²) in [6, 6.07) is 9.84. The van der Waals surface area contributed by atoms with Crippen LogP contribution in [0, 0.1) is 13.8 Å². The van der Waals surface area contributed by atoms with Crippen LogP contribution < -0.4 is 9.62 Å². The summed E-state index contributed by atoms with van der Waals surface area (Å²) in [6.07, 6.45) is 1.50. The van der Waals surface area contributed by atoms with E-state index >= 15 is 0 Å². The minimum Gasteiger partial charge on any atom is -0.355 e. The van der Waals surface area contributed by atoms with Gasteiger partial charge in [-0.15, -0.1) is 0 Å². The standard InChI is InChI=1S/C25H33Cl2N3O4S/c1-6-28-25(32)19(4)29(16-20-9-10-21(26)15-23(20)27)24(31)8-7-11-30(35(5,33)34)22-13-17(2)12-18(3)14-22/h9-10,12-15,19H,6-8,11,16H2,1-5H3,(H,28,32)/t19-/m0/s1. The molecule has 10 heteroatoms. The number of hydrogen-bond donors (Lipinski definition) is 1. The van der Waals surface area contributed by atoms with Gasteiger partial charge in [0.2, 0.25) is 21.8 Å². The molecule has 0 aliphatic carbocycles. The largest absolute Gasteiger partial charge is 0.355 e. The lowest BCUT2D eigenvalue weighted by Crippen LogP contribution is -2.47. The fourth-order valence-electron chi connectivity index (χ4n) is 3.84. The Morgan fingerprint density at radius 1 is 1.06 bits per heavy atom. The summed E-state index contributed by atoms with van der Waals surface area (Å²) in [6.45, 7) is 7.97. The average molecular weight is 543 g/mol. The third kappa shape index (κ3) is 8.40. The zero-order valence-electron chi connectivity index (χ0n) is 20.8. The van der Waals surface area contributed by atoms with Crippen molar-refractivity contribution in [2.75, 3.05) is 23.7 Å². The highest BCUT2D eigenvalue weighted by Gasteiger charge is 2.27. The van der Waals surface area contributed by atoms with Crippen LogP contribution in [-0.4, -0.2) is 50.5 Å². The topological polar surface area (TPSA) is 86.8 Å². The molecule has 2 aromatic rings. The molecule has 0 aromatic heterocycles. The predicted octanol–water partition coefficient (Wildman–Crippen LogP) is 4.71. The molecule has 0 saturated carbocycles. The van der Waals surface area contributed by atoms with Crippen LogP contribution >= 0.6 is 23.2 Å². The Balaban J connectivity index is 2.21. The van der Waals surface area contributed by atoms with Gasteiger partial charge in [0.15, 0.2) is 0 Å². The Morgan fingerprint density at radius 2 is 1.69 bits per heavy atom. The van der Waals surface area contributed by atoms with E-state index in [1.165, 1.54) is 9.21 Å². The van der Waals surface area contributed by atoms with E-state index in [1.54, 1.807) is 32.0 Å². The maximum atomic E-state index is 13.3. The van der Waals surface area contributed by atoms with E-state index in [0.717, 1.165) is 17.4 Å². The molecular formula is C25H33Cl2N3O4S. The summed E-state index contributed by atoms with van der Waals surface area (Å²) in [4.78, 5) is 27.3. The molecule has 0 aliphatic heterocycles. The van der Waals surface area contributed by atoms with Crippen LogP contribution in [0.25, 0.3) is 0 Å². The predicted molar refractivity (Wildman–Crippen MR) is 142 cm³/mol. The molecule has 2 amide bonds. The molecule has 35 heavy (non-hydrogen) atoms. The number of carbonyl (C=O) groups excluding carboxylic acids is 2. The van der Waals surface area contributed by atoms with E-state index in [4.69, 9.17) is 23.2 Å². The van der Waals surface area contributed by atoms with Crippen LogP contribution in [0.5, 0.6) is 0 Å². The van der Waals surface area contributed by atoms with Gasteiger partial charge >= 0.3 is 0 Å². The van der Waals surface area contributed by atoms with Crippen molar-refractivity contribution in [3.05, 3.63) is 63.1 Å². The number of anilines is 1. The van der Waals surface area contributed by atoms with E-state index in [2.05, 4.69) is 5.32 Å². The highest BCUT2D eigenvalue weighted by atomic mass is 35.5. The molecule has 0 spiro atoms. The number of nitrogens with zero attached hydrogens (tertiary/aromatic N) is 2. The number of carbonyl (C=O) groups is 2. The minimum absolute atomic E-state index is 0.0613. The van der Waals surface area contributed by atoms with E-state index < -0.39 is 16.1 Å². The molecule has 1 atom stereocenters. The van der Waals surface area contributed by atoms with Gasteiger partial charge < -0.3 is 10.2 Å². The van der Waals surface area contributed by atoms with E-state index in [0.29, 0.717) is 27.8 Å². The fraction of sp³-hybridized carbons (Fsp3) is 0.440. The van der Waals surface area contributed by atoms with Crippen LogP contribution in [0.3, 0.4) is 0 Å². The number of benzene rings is 2. The Bertz CT molecular complexity index is 1150. The van der Waals surface area contributed by atoms with Gasteiger partial charge in [0.25, 0.3) is 0 Å². The molecule has 0 heterocycles. The Kier molecular flexibility index (Phi) is 10.4. The molecule has 0 unspecified atom stereocenters. The van der Waals surface area contributed by atoms with Crippen molar-refractivity contribution in [2.45, 2.75) is 53.1 Å². The lowest BCUT2D eigenvalue weighted by molar-refractivity contribution is -0.140. The Hall–Kier alpha value is -2.29. The number of amides is 2. The van der Waals surface area contributed by atoms with E-state index in [1.807, 2.05) is 32.0 Å². The fourth-order valence-corrected chi connectivity index (χ4v) is 5.25. The van der Waals surface area contributed by atoms with Crippen LogP contribution in [0.1, 0.15) is 43.4 Å². The van der Waals surface area contributed by atoms with E-state index in [9.17, 15) is 18.0 Å². The molecule has 2 rings (SSSR count). The Morgan fingerprint density at radius 3 is 2.23 bits per heavy atom. The van der Waals surface area contributed by atoms with Crippen molar-refractivity contribution >= 4 is 50.7 Å². The van der Waals surface area contributed by atoms with Gasteiger partial charge in [0.05, 0.1) is 11.9 Å². The first-order valence-electron chi connectivity index (χ1n) is 11.4. The van der Waals surface area contributed by atoms with Gasteiger partial charge in [-0.2, -0.15) is 0 Å². The minimum atomic E-state index is -3.55. The second-order valence-electron chi connectivity index (χ2n) is 8.61. The summed E-state index contributed by atoms with van der Waals surface area (Å²) in [5.41, 5.74) is 3.13. The molecule has 2 aromatic carbocycles. The number of hydrogen-bond acceptors (Lipinski definition) is 4. The highest BCUT2D eigenvalue weighted by molar-refractivity contribution is 7.92. The number of sulfonamides is 1. The lowest BCUT2D eigenvalue weighted by atomic mass is 10.1. The maximum absolute atomic E-state index is 13.3. The first kappa shape index (κ1) is 28.9. The lowest BCUT2D eigenvalue weighted by Gasteiger charge is -2.29. The summed E-state index contributed by atoms with van der Waals surface area (Å²) >= 11 is 12.3. The summed E-state index contributed by atoms with van der Waals surface area (Å²) in [7, 11) is -3.55. The average Bonchev–Trinajstić information content (AvgIpc) is 2.74. The third-order valence-electron chi connectivity index (χ3n) is 5.52. The second kappa shape index (κ2) is 12.6. The highest BCUT2D eigenvalue weighted by Crippen LogP contribution is 2.25. The van der Waals surface area contributed by atoms with Crippen molar-refractivity contribution in [2.24, 2.45) is 0 Å². The molecule has 0 fully saturated rings. The summed E-state index contributed by atoms with van der Waals surface area (Å²) in [5.74, 6) is -0.553. The molecule has 0 aliphatic rings. The number of likely N-dealkylation sites (N-methyl/N-ethyl adjacent to an activating group) is 1. The third-order valence-corrected chi connectivity index (χ3v) is 7.30. The first-order valence-corrected chi connectivity index (χ1v) is 14.0. The van der Waals surface area contributed by atoms with Crippen molar-refractivity contribution in [1.29, 1.82) is 0 Å². The smallest absolute Gasteiger partial charge is 0.242 e. The van der Waals surface area contributed by atoms with Crippen molar-refractivity contribution in [3.63, 3.8) is 0 Å². The van der Waals surface area contributed by atoms with Crippen molar-refractivity contribution in [1.82, 2.24) is 10.2 Å². The van der Waals surface area contributed by atoms with Gasteiger partial charge in [-0.05, 0) is 75.1 Å². The van der Waals surface area contributed by atoms with Gasteiger partial charge in [0, 0.05) is 36.1 Å². The molecular weight excluding hydrogens is 509 g/mol. The summed E-state index contributed by atoms with van der Waals surface area (Å²) < 4.78 is 26.3. The van der Waals surface area contributed by atoms with Crippen LogP contribution in [0.15, 0.2) is 36.4 Å². The SMILES string of the molecule is CCNC(=O)[C@H](C)N(Cc1ccc(Cl)cc1Cl)C(=O)CCCN(c1cc(C)cc(C)c1)S(C)(=O)=O. The zero-order valence-corrected chi connectivity index (χ0v) is 23.1. The monoisotopic (exact) mass is 541 g/mol. The van der Waals surface area contributed by atoms with E-state index in [-0.39, 0.29) is 37.7 Å². The van der Waals surface area contributed by atoms with Gasteiger partial charge in [0.1, 0.15) is 6.04 Å².